The van der Waals surface area contributed by atoms with Crippen molar-refractivity contribution in [2.24, 2.45) is 0 Å². The van der Waals surface area contributed by atoms with Crippen LogP contribution in [0.5, 0.6) is 0 Å². The summed E-state index contributed by atoms with van der Waals surface area (Å²) in [6, 6.07) is 0.102. The van der Waals surface area contributed by atoms with Gasteiger partial charge in [0.25, 0.3) is 0 Å². The minimum absolute atomic E-state index is 0.102. The summed E-state index contributed by atoms with van der Waals surface area (Å²) < 4.78 is 5.19. The second-order valence-corrected chi connectivity index (χ2v) is 4.36. The predicted octanol–water partition coefficient (Wildman–Crippen LogP) is -0.406. The van der Waals surface area contributed by atoms with Crippen molar-refractivity contribution < 1.29 is 14.6 Å². The Kier molecular flexibility index (Phi) is 5.73. The van der Waals surface area contributed by atoms with Gasteiger partial charge in [-0.1, -0.05) is 0 Å². The van der Waals surface area contributed by atoms with Gasteiger partial charge >= 0.3 is 0 Å². The Balaban J connectivity index is 2.21. The molecule has 0 radical (unpaired) electrons. The van der Waals surface area contributed by atoms with Crippen molar-refractivity contribution in [2.45, 2.75) is 32.4 Å². The monoisotopic (exact) mass is 230 g/mol. The van der Waals surface area contributed by atoms with Gasteiger partial charge < -0.3 is 20.1 Å². The lowest BCUT2D eigenvalue weighted by Gasteiger charge is -2.28. The molecule has 1 fully saturated rings. The van der Waals surface area contributed by atoms with E-state index < -0.39 is 0 Å². The average Bonchev–Trinajstić information content (AvgIpc) is 2.27. The molecule has 0 spiro atoms. The van der Waals surface area contributed by atoms with Gasteiger partial charge in [-0.15, -0.1) is 0 Å². The first-order valence-electron chi connectivity index (χ1n) is 5.86. The standard InChI is InChI=1S/C11H22N2O3/c1-9(12-8-10(2)14)7-11(15)13-3-5-16-6-4-13/h9-10,12,14H,3-8H2,1-2H3. The lowest BCUT2D eigenvalue weighted by Crippen LogP contribution is -2.43. The van der Waals surface area contributed by atoms with Gasteiger partial charge in [0.1, 0.15) is 0 Å². The van der Waals surface area contributed by atoms with Crippen molar-refractivity contribution in [1.82, 2.24) is 10.2 Å². The number of ether oxygens (including phenoxy) is 1. The summed E-state index contributed by atoms with van der Waals surface area (Å²) >= 11 is 0. The van der Waals surface area contributed by atoms with Gasteiger partial charge in [0.2, 0.25) is 5.91 Å². The van der Waals surface area contributed by atoms with Gasteiger partial charge in [0.15, 0.2) is 0 Å². The van der Waals surface area contributed by atoms with Gasteiger partial charge in [0, 0.05) is 32.1 Å². The number of morpholine rings is 1. The number of hydrogen-bond donors (Lipinski definition) is 2. The second kappa shape index (κ2) is 6.83. The molecule has 0 aromatic carbocycles. The topological polar surface area (TPSA) is 61.8 Å². The maximum atomic E-state index is 11.8. The minimum Gasteiger partial charge on any atom is -0.392 e. The van der Waals surface area contributed by atoms with Crippen LogP contribution in [-0.4, -0.2) is 60.9 Å². The van der Waals surface area contributed by atoms with E-state index in [9.17, 15) is 4.79 Å². The van der Waals surface area contributed by atoms with Gasteiger partial charge in [-0.2, -0.15) is 0 Å². The van der Waals surface area contributed by atoms with E-state index in [-0.39, 0.29) is 18.1 Å². The first-order valence-corrected chi connectivity index (χ1v) is 5.86. The van der Waals surface area contributed by atoms with Gasteiger partial charge in [-0.3, -0.25) is 4.79 Å². The normalized spacial score (nSPS) is 20.6. The average molecular weight is 230 g/mol. The summed E-state index contributed by atoms with van der Waals surface area (Å²) in [5.74, 6) is 0.161. The number of aliphatic hydroxyl groups is 1. The maximum absolute atomic E-state index is 11.8. The van der Waals surface area contributed by atoms with Crippen molar-refractivity contribution in [1.29, 1.82) is 0 Å². The molecule has 1 amide bonds. The molecule has 94 valence electrons. The zero-order valence-corrected chi connectivity index (χ0v) is 10.1. The maximum Gasteiger partial charge on any atom is 0.224 e. The summed E-state index contributed by atoms with van der Waals surface area (Å²) in [5.41, 5.74) is 0. The van der Waals surface area contributed by atoms with E-state index in [1.165, 1.54) is 0 Å². The summed E-state index contributed by atoms with van der Waals surface area (Å²) in [4.78, 5) is 13.7. The summed E-state index contributed by atoms with van der Waals surface area (Å²) in [5, 5.41) is 12.2. The third-order valence-electron chi connectivity index (χ3n) is 2.61. The van der Waals surface area contributed by atoms with Crippen LogP contribution >= 0.6 is 0 Å². The Bertz CT molecular complexity index is 215. The fraction of sp³-hybridized carbons (Fsp3) is 0.909. The fourth-order valence-electron chi connectivity index (χ4n) is 1.65. The largest absolute Gasteiger partial charge is 0.392 e. The highest BCUT2D eigenvalue weighted by Crippen LogP contribution is 2.02. The smallest absolute Gasteiger partial charge is 0.224 e. The molecule has 16 heavy (non-hydrogen) atoms. The number of rotatable bonds is 5. The SMILES string of the molecule is CC(O)CNC(C)CC(=O)N1CCOCC1. The summed E-state index contributed by atoms with van der Waals surface area (Å²) in [6.07, 6.45) is 0.105. The molecular weight excluding hydrogens is 208 g/mol. The van der Waals surface area contributed by atoms with Crippen LogP contribution in [0.3, 0.4) is 0 Å². The quantitative estimate of drug-likeness (QED) is 0.674. The number of aliphatic hydroxyl groups excluding tert-OH is 1. The molecule has 2 N–H and O–H groups in total. The van der Waals surface area contributed by atoms with Crippen LogP contribution in [0.25, 0.3) is 0 Å². The van der Waals surface area contributed by atoms with E-state index in [1.54, 1.807) is 6.92 Å². The third kappa shape index (κ3) is 4.92. The van der Waals surface area contributed by atoms with E-state index in [4.69, 9.17) is 9.84 Å². The molecule has 0 bridgehead atoms. The highest BCUT2D eigenvalue weighted by atomic mass is 16.5. The van der Waals surface area contributed by atoms with Crippen molar-refractivity contribution in [3.05, 3.63) is 0 Å². The number of hydrogen-bond acceptors (Lipinski definition) is 4. The number of carbonyl (C=O) groups excluding carboxylic acids is 1. The molecule has 2 unspecified atom stereocenters. The Morgan fingerprint density at radius 3 is 2.62 bits per heavy atom. The molecule has 0 aromatic heterocycles. The van der Waals surface area contributed by atoms with E-state index in [1.807, 2.05) is 11.8 Å². The van der Waals surface area contributed by atoms with Gasteiger partial charge in [-0.25, -0.2) is 0 Å². The predicted molar refractivity (Wildman–Crippen MR) is 61.2 cm³/mol. The van der Waals surface area contributed by atoms with E-state index >= 15 is 0 Å². The molecule has 5 heteroatoms. The Labute approximate surface area is 96.8 Å². The summed E-state index contributed by atoms with van der Waals surface area (Å²) in [7, 11) is 0. The number of carbonyl (C=O) groups is 1. The molecule has 0 aromatic rings. The first kappa shape index (κ1) is 13.4. The van der Waals surface area contributed by atoms with Crippen LogP contribution in [-0.2, 0) is 9.53 Å². The molecule has 1 saturated heterocycles. The number of amides is 1. The summed E-state index contributed by atoms with van der Waals surface area (Å²) in [6.45, 7) is 6.88. The molecule has 1 heterocycles. The van der Waals surface area contributed by atoms with Crippen LogP contribution in [0.4, 0.5) is 0 Å². The highest BCUT2D eigenvalue weighted by molar-refractivity contribution is 5.76. The van der Waals surface area contributed by atoms with Gasteiger partial charge in [-0.05, 0) is 13.8 Å². The molecule has 1 rings (SSSR count). The lowest BCUT2D eigenvalue weighted by molar-refractivity contribution is -0.135. The third-order valence-corrected chi connectivity index (χ3v) is 2.61. The Morgan fingerprint density at radius 2 is 2.06 bits per heavy atom. The Hall–Kier alpha value is -0.650. The first-order chi connectivity index (χ1) is 7.59. The molecule has 2 atom stereocenters. The van der Waals surface area contributed by atoms with Crippen LogP contribution in [0.15, 0.2) is 0 Å². The van der Waals surface area contributed by atoms with Crippen LogP contribution < -0.4 is 5.32 Å². The van der Waals surface area contributed by atoms with Gasteiger partial charge in [0.05, 0.1) is 19.3 Å². The van der Waals surface area contributed by atoms with Crippen molar-refractivity contribution in [3.63, 3.8) is 0 Å². The van der Waals surface area contributed by atoms with Crippen LogP contribution in [0, 0.1) is 0 Å². The lowest BCUT2D eigenvalue weighted by atomic mass is 10.2. The zero-order chi connectivity index (χ0) is 12.0. The van der Waals surface area contributed by atoms with E-state index in [0.717, 1.165) is 0 Å². The number of nitrogens with zero attached hydrogens (tertiary/aromatic N) is 1. The van der Waals surface area contributed by atoms with E-state index in [2.05, 4.69) is 5.32 Å². The van der Waals surface area contributed by atoms with Crippen molar-refractivity contribution in [2.75, 3.05) is 32.8 Å². The fourth-order valence-corrected chi connectivity index (χ4v) is 1.65. The second-order valence-electron chi connectivity index (χ2n) is 4.36. The molecule has 0 aliphatic carbocycles. The van der Waals surface area contributed by atoms with Crippen molar-refractivity contribution in [3.8, 4) is 0 Å². The zero-order valence-electron chi connectivity index (χ0n) is 10.1. The minimum atomic E-state index is -0.374. The van der Waals surface area contributed by atoms with Crippen LogP contribution in [0.2, 0.25) is 0 Å². The molecule has 5 nitrogen and oxygen atoms in total. The highest BCUT2D eigenvalue weighted by Gasteiger charge is 2.18. The van der Waals surface area contributed by atoms with Crippen molar-refractivity contribution >= 4 is 5.91 Å². The van der Waals surface area contributed by atoms with Crippen LogP contribution in [0.1, 0.15) is 20.3 Å². The molecule has 0 saturated carbocycles. The number of nitrogens with one attached hydrogen (secondary N) is 1. The molecule has 1 aliphatic rings. The van der Waals surface area contributed by atoms with E-state index in [0.29, 0.717) is 39.3 Å². The molecular formula is C11H22N2O3. The Morgan fingerprint density at radius 1 is 1.44 bits per heavy atom. The molecule has 1 aliphatic heterocycles.